The first-order valence-electron chi connectivity index (χ1n) is 20.5. The van der Waals surface area contributed by atoms with Crippen LogP contribution in [0.2, 0.25) is 0 Å². The normalized spacial score (nSPS) is 11.7. The lowest BCUT2D eigenvalue weighted by Gasteiger charge is -2.27. The van der Waals surface area contributed by atoms with E-state index < -0.39 is 46.8 Å². The predicted molar refractivity (Wildman–Crippen MR) is 227 cm³/mol. The van der Waals surface area contributed by atoms with Gasteiger partial charge in [-0.15, -0.1) is 0 Å². The Balaban J connectivity index is 1.46. The first-order chi connectivity index (χ1) is 28.4. The van der Waals surface area contributed by atoms with Crippen LogP contribution in [-0.2, 0) is 37.3 Å². The Labute approximate surface area is 340 Å². The van der Waals surface area contributed by atoms with E-state index in [1.54, 1.807) is 6.08 Å². The van der Waals surface area contributed by atoms with Gasteiger partial charge < -0.3 is 19.5 Å². The number of hydrogen-bond acceptors (Lipinski definition) is 9. The molecule has 1 N–H and O–H groups in total. The fraction of sp³-hybridized carbons (Fsp3) is 0.435. The molecule has 0 saturated heterocycles. The van der Waals surface area contributed by atoms with Crippen LogP contribution in [-0.4, -0.2) is 39.7 Å². The van der Waals surface area contributed by atoms with Gasteiger partial charge in [-0.25, -0.2) is 4.79 Å². The first kappa shape index (κ1) is 44.8. The molecular formula is C46H56N4O8. The van der Waals surface area contributed by atoms with Crippen LogP contribution in [0.25, 0.3) is 29.9 Å². The minimum atomic E-state index is -1.75. The number of carboxylic acid groups (broad SMARTS) is 1. The summed E-state index contributed by atoms with van der Waals surface area (Å²) < 4.78 is 10.7. The minimum absolute atomic E-state index is 0.0250. The Kier molecular flexibility index (Phi) is 19.0. The van der Waals surface area contributed by atoms with E-state index >= 15 is 0 Å². The molecule has 12 nitrogen and oxygen atoms in total. The average Bonchev–Trinajstić information content (AvgIpc) is 3.38. The number of carboxylic acids is 1. The van der Waals surface area contributed by atoms with E-state index in [1.807, 2.05) is 18.2 Å². The highest BCUT2D eigenvalue weighted by atomic mass is 16.5. The second kappa shape index (κ2) is 24.6. The standard InChI is InChI=1S/C46H56N4O8/c1-2-3-4-5-6-7-8-9-10-11-12-13-14-15-16-19-29-48-41-24-18-17-22-37(41)26-27-38-30-36(25-28-42(38)48)21-20-23-39-44(53)49(32-57-34-51)43(40(31-47)46(55)56)50(45(39)54)33-58-35-52/h17-18,20-28,30,34-35H,2-16,19,29,32-33H2,1H3,(H,55,56). The average molecular weight is 793 g/mol. The van der Waals surface area contributed by atoms with Crippen LogP contribution in [0, 0.1) is 11.3 Å². The van der Waals surface area contributed by atoms with Crippen molar-refractivity contribution < 1.29 is 29.0 Å². The number of benzene rings is 2. The highest BCUT2D eigenvalue weighted by molar-refractivity contribution is 6.13. The van der Waals surface area contributed by atoms with Crippen molar-refractivity contribution in [3.05, 3.63) is 96.6 Å². The van der Waals surface area contributed by atoms with Crippen LogP contribution in [0.3, 0.4) is 0 Å². The Morgan fingerprint density at radius 3 is 1.78 bits per heavy atom. The summed E-state index contributed by atoms with van der Waals surface area (Å²) in [6.45, 7) is 1.57. The van der Waals surface area contributed by atoms with Crippen molar-refractivity contribution in [2.45, 2.75) is 123 Å². The maximum atomic E-state index is 13.5. The molecule has 1 aliphatic heterocycles. The summed E-state index contributed by atoms with van der Waals surface area (Å²) in [7, 11) is 0. The van der Waals surface area contributed by atoms with E-state index in [1.165, 1.54) is 108 Å². The number of carbonyl (C=O) groups excluding carboxylic acids is 2. The lowest BCUT2D eigenvalue weighted by atomic mass is 10.0. The van der Waals surface area contributed by atoms with Crippen molar-refractivity contribution in [3.63, 3.8) is 0 Å². The summed E-state index contributed by atoms with van der Waals surface area (Å²) in [4.78, 5) is 63.2. The van der Waals surface area contributed by atoms with Gasteiger partial charge in [-0.1, -0.05) is 152 Å². The Bertz CT molecular complexity index is 2140. The number of nitriles is 1. The van der Waals surface area contributed by atoms with Gasteiger partial charge in [0, 0.05) is 17.9 Å². The fourth-order valence-electron chi connectivity index (χ4n) is 7.33. The zero-order valence-corrected chi connectivity index (χ0v) is 33.6. The van der Waals surface area contributed by atoms with E-state index in [0.29, 0.717) is 9.13 Å². The number of allylic oxidation sites excluding steroid dienone is 1. The van der Waals surface area contributed by atoms with E-state index in [-0.39, 0.29) is 12.9 Å². The van der Waals surface area contributed by atoms with Gasteiger partial charge in [-0.2, -0.15) is 5.26 Å². The molecule has 12 heteroatoms. The second-order valence-corrected chi connectivity index (χ2v) is 14.5. The summed E-state index contributed by atoms with van der Waals surface area (Å²) >= 11 is 0. The van der Waals surface area contributed by atoms with E-state index in [9.17, 15) is 34.3 Å². The first-order valence-corrected chi connectivity index (χ1v) is 20.5. The monoisotopic (exact) mass is 792 g/mol. The van der Waals surface area contributed by atoms with Gasteiger partial charge in [0.15, 0.2) is 19.0 Å². The molecule has 3 aromatic rings. The molecule has 0 unspecified atom stereocenters. The molecule has 0 spiro atoms. The third-order valence-electron chi connectivity index (χ3n) is 10.4. The molecule has 1 aromatic heterocycles. The number of fused-ring (bicyclic) bond motifs is 2. The van der Waals surface area contributed by atoms with Crippen molar-refractivity contribution in [3.8, 4) is 6.07 Å². The molecule has 0 amide bonds. The number of aliphatic carboxylic acids is 1. The van der Waals surface area contributed by atoms with Gasteiger partial charge in [-0.05, 0) is 47.4 Å². The number of carbonyl (C=O) groups is 3. The zero-order chi connectivity index (χ0) is 41.5. The maximum absolute atomic E-state index is 13.5. The lowest BCUT2D eigenvalue weighted by Crippen LogP contribution is -2.59. The molecule has 2 heterocycles. The minimum Gasteiger partial charge on any atom is -0.477 e. The lowest BCUT2D eigenvalue weighted by molar-refractivity contribution is -0.132. The number of aromatic nitrogens is 2. The van der Waals surface area contributed by atoms with Crippen LogP contribution < -0.4 is 26.7 Å². The summed E-state index contributed by atoms with van der Waals surface area (Å²) in [6.07, 6.45) is 29.7. The number of rotatable bonds is 26. The molecule has 0 atom stereocenters. The molecule has 0 aliphatic carbocycles. The molecule has 308 valence electrons. The predicted octanol–water partition coefficient (Wildman–Crippen LogP) is 7.41. The molecule has 4 rings (SSSR count). The van der Waals surface area contributed by atoms with Crippen molar-refractivity contribution in [2.24, 2.45) is 0 Å². The molecule has 0 bridgehead atoms. The van der Waals surface area contributed by atoms with E-state index in [4.69, 9.17) is 9.47 Å². The van der Waals surface area contributed by atoms with Crippen LogP contribution in [0.5, 0.6) is 0 Å². The number of nitrogens with zero attached hydrogens (tertiary/aromatic N) is 4. The molecule has 2 aromatic carbocycles. The third-order valence-corrected chi connectivity index (χ3v) is 10.4. The van der Waals surface area contributed by atoms with Gasteiger partial charge in [0.05, 0.1) is 0 Å². The van der Waals surface area contributed by atoms with Gasteiger partial charge >= 0.3 is 5.97 Å². The number of unbranched alkanes of at least 4 members (excludes halogenated alkanes) is 15. The molecule has 58 heavy (non-hydrogen) atoms. The van der Waals surface area contributed by atoms with Crippen LogP contribution in [0.1, 0.15) is 126 Å². The summed E-state index contributed by atoms with van der Waals surface area (Å²) in [5.74, 6) is -1.75. The zero-order valence-electron chi connectivity index (χ0n) is 33.6. The molecule has 0 fully saturated rings. The number of ether oxygens (including phenoxy) is 2. The van der Waals surface area contributed by atoms with Crippen molar-refractivity contribution >= 4 is 60.2 Å². The van der Waals surface area contributed by atoms with Crippen molar-refractivity contribution in [2.75, 3.05) is 11.4 Å². The Hall–Kier alpha value is -5.96. The van der Waals surface area contributed by atoms with Gasteiger partial charge in [0.2, 0.25) is 0 Å². The quantitative estimate of drug-likeness (QED) is 0.0641. The largest absolute Gasteiger partial charge is 0.477 e. The molecule has 1 aliphatic rings. The van der Waals surface area contributed by atoms with Crippen LogP contribution in [0.15, 0.2) is 58.1 Å². The maximum Gasteiger partial charge on any atom is 0.350 e. The summed E-state index contributed by atoms with van der Waals surface area (Å²) in [5, 5.41) is 18.7. The van der Waals surface area contributed by atoms with Crippen molar-refractivity contribution in [1.29, 1.82) is 5.26 Å². The Morgan fingerprint density at radius 1 is 0.724 bits per heavy atom. The summed E-state index contributed by atoms with van der Waals surface area (Å²) in [6, 6.07) is 15.8. The Morgan fingerprint density at radius 2 is 1.24 bits per heavy atom. The van der Waals surface area contributed by atoms with E-state index in [0.717, 1.165) is 47.5 Å². The highest BCUT2D eigenvalue weighted by Crippen LogP contribution is 2.37. The second-order valence-electron chi connectivity index (χ2n) is 14.5. The highest BCUT2D eigenvalue weighted by Gasteiger charge is 2.20. The molecule has 0 radical (unpaired) electrons. The number of hydrogen-bond donors (Lipinski definition) is 1. The SMILES string of the molecule is CCCCCCCCCCCCCCCCCCN1c2ccccc2C=Cc2cc(C=CC=c3c(=O)n(COC=O)c(=C(C#N)C(=O)O)n(COC=O)c3=O)ccc21. The van der Waals surface area contributed by atoms with E-state index in [2.05, 4.69) is 48.2 Å². The van der Waals surface area contributed by atoms with Gasteiger partial charge in [-0.3, -0.25) is 28.3 Å². The summed E-state index contributed by atoms with van der Waals surface area (Å²) in [5.41, 5.74) is 1.38. The van der Waals surface area contributed by atoms with Crippen LogP contribution >= 0.6 is 0 Å². The smallest absolute Gasteiger partial charge is 0.350 e. The van der Waals surface area contributed by atoms with Gasteiger partial charge in [0.1, 0.15) is 16.8 Å². The van der Waals surface area contributed by atoms with Crippen molar-refractivity contribution in [1.82, 2.24) is 9.13 Å². The molecular weight excluding hydrogens is 737 g/mol. The number of para-hydroxylation sites is 1. The van der Waals surface area contributed by atoms with Crippen LogP contribution in [0.4, 0.5) is 11.4 Å². The van der Waals surface area contributed by atoms with Gasteiger partial charge in [0.25, 0.3) is 24.1 Å². The fourth-order valence-corrected chi connectivity index (χ4v) is 7.33. The molecule has 0 saturated carbocycles. The topological polar surface area (TPSA) is 161 Å². The third kappa shape index (κ3) is 12.8. The number of anilines is 2.